The normalized spacial score (nSPS) is 14.2. The highest BCUT2D eigenvalue weighted by Gasteiger charge is 2.19. The summed E-state index contributed by atoms with van der Waals surface area (Å²) in [5, 5.41) is 3.19. The molecule has 1 aliphatic carbocycles. The predicted octanol–water partition coefficient (Wildman–Crippen LogP) is 6.57. The predicted molar refractivity (Wildman–Crippen MR) is 177 cm³/mol. The molecule has 45 heavy (non-hydrogen) atoms. The number of anilines is 2. The number of benzene rings is 3. The van der Waals surface area contributed by atoms with Crippen LogP contribution >= 0.6 is 0 Å². The van der Waals surface area contributed by atoms with E-state index in [2.05, 4.69) is 54.4 Å². The summed E-state index contributed by atoms with van der Waals surface area (Å²) in [5.41, 5.74) is 4.26. The van der Waals surface area contributed by atoms with Crippen LogP contribution in [0.2, 0.25) is 0 Å². The molecule has 3 aromatic carbocycles. The van der Waals surface area contributed by atoms with Gasteiger partial charge >= 0.3 is 0 Å². The molecule has 0 atom stereocenters. The maximum Gasteiger partial charge on any atom is 0.245 e. The molecule has 0 bridgehead atoms. The van der Waals surface area contributed by atoms with Crippen molar-refractivity contribution in [2.75, 3.05) is 30.8 Å². The molecule has 2 heterocycles. The number of aromatic amines is 1. The summed E-state index contributed by atoms with van der Waals surface area (Å²) >= 11 is 0. The van der Waals surface area contributed by atoms with Crippen LogP contribution in [0.25, 0.3) is 11.2 Å². The molecule has 0 spiro atoms. The Hall–Kier alpha value is -4.28. The number of fused-ring (bicyclic) bond motifs is 1. The average molecular weight is 625 g/mol. The van der Waals surface area contributed by atoms with Gasteiger partial charge in [0.1, 0.15) is 5.52 Å². The lowest BCUT2D eigenvalue weighted by molar-refractivity contribution is 0.205. The van der Waals surface area contributed by atoms with Crippen LogP contribution in [0.5, 0.6) is 5.88 Å². The maximum absolute atomic E-state index is 13.4. The van der Waals surface area contributed by atoms with Crippen LogP contribution in [0.15, 0.2) is 96.2 Å². The van der Waals surface area contributed by atoms with Gasteiger partial charge in [0.25, 0.3) is 0 Å². The Morgan fingerprint density at radius 1 is 0.844 bits per heavy atom. The second-order valence-electron chi connectivity index (χ2n) is 11.7. The first-order valence-corrected chi connectivity index (χ1v) is 17.4. The first kappa shape index (κ1) is 30.7. The quantitative estimate of drug-likeness (QED) is 0.143. The fourth-order valence-electron chi connectivity index (χ4n) is 5.80. The zero-order chi connectivity index (χ0) is 30.9. The van der Waals surface area contributed by atoms with Crippen molar-refractivity contribution >= 4 is 32.6 Å². The van der Waals surface area contributed by atoms with Gasteiger partial charge in [0.05, 0.1) is 23.6 Å². The van der Waals surface area contributed by atoms with Crippen LogP contribution in [0.4, 0.5) is 11.6 Å². The molecule has 1 aliphatic rings. The topological polar surface area (TPSA) is 113 Å². The van der Waals surface area contributed by atoms with Crippen LogP contribution in [-0.2, 0) is 22.8 Å². The largest absolute Gasteiger partial charge is 0.476 e. The Bertz CT molecular complexity index is 1760. The van der Waals surface area contributed by atoms with Crippen LogP contribution in [0, 0.1) is 5.92 Å². The molecule has 10 heteroatoms. The Labute approximate surface area is 265 Å². The fraction of sp³-hybridized carbons (Fsp3) is 0.343. The van der Waals surface area contributed by atoms with E-state index in [1.807, 2.05) is 36.4 Å². The van der Waals surface area contributed by atoms with Gasteiger partial charge in [0, 0.05) is 25.3 Å². The third-order valence-corrected chi connectivity index (χ3v) is 10.1. The van der Waals surface area contributed by atoms with E-state index in [1.165, 1.54) is 37.7 Å². The van der Waals surface area contributed by atoms with Gasteiger partial charge in [-0.25, -0.2) is 13.4 Å². The molecule has 0 aliphatic heterocycles. The first-order chi connectivity index (χ1) is 22.0. The van der Waals surface area contributed by atoms with Crippen LogP contribution < -0.4 is 10.1 Å². The highest BCUT2D eigenvalue weighted by Crippen LogP contribution is 2.27. The minimum Gasteiger partial charge on any atom is -0.476 e. The van der Waals surface area contributed by atoms with E-state index in [0.717, 1.165) is 18.5 Å². The number of imidazole rings is 1. The molecule has 0 unspecified atom stereocenters. The van der Waals surface area contributed by atoms with E-state index in [-0.39, 0.29) is 10.6 Å². The lowest BCUT2D eigenvalue weighted by Crippen LogP contribution is -2.31. The monoisotopic (exact) mass is 624 g/mol. The minimum absolute atomic E-state index is 0.0298. The van der Waals surface area contributed by atoms with Gasteiger partial charge in [0.15, 0.2) is 15.5 Å². The minimum atomic E-state index is -3.50. The Balaban J connectivity index is 1.10. The SMILES string of the molecule is O=S(=O)(CCN(CCc1ccccc1)Cc1ccccc1)c1ccc(Nc2nc(OCC3CCCCC3)c3[nH]cnc3n2)cc1. The number of ether oxygens (including phenoxy) is 1. The van der Waals surface area contributed by atoms with Crippen molar-refractivity contribution in [2.24, 2.45) is 5.92 Å². The van der Waals surface area contributed by atoms with Gasteiger partial charge in [0.2, 0.25) is 11.8 Å². The summed E-state index contributed by atoms with van der Waals surface area (Å²) in [7, 11) is -3.50. The summed E-state index contributed by atoms with van der Waals surface area (Å²) in [5.74, 6) is 1.38. The summed E-state index contributed by atoms with van der Waals surface area (Å²) in [6.07, 6.45) is 8.58. The van der Waals surface area contributed by atoms with Crippen molar-refractivity contribution in [3.63, 3.8) is 0 Å². The molecule has 6 rings (SSSR count). The zero-order valence-electron chi connectivity index (χ0n) is 25.4. The standard InChI is InChI=1S/C35H40N6O3S/c42-45(43,23-22-41(24-28-12-6-2-7-13-28)21-20-27-10-4-1-5-11-27)31-18-16-30(17-19-31)38-35-39-33-32(36-26-37-33)34(40-35)44-25-29-14-8-3-9-15-29/h1-2,4-7,10-13,16-19,26,29H,3,8-9,14-15,20-25H2,(H2,36,37,38,39,40). The Kier molecular flexibility index (Phi) is 10.0. The molecule has 1 saturated carbocycles. The summed E-state index contributed by atoms with van der Waals surface area (Å²) in [4.78, 5) is 19.0. The molecule has 234 valence electrons. The van der Waals surface area contributed by atoms with Crippen LogP contribution in [-0.4, -0.2) is 58.7 Å². The van der Waals surface area contributed by atoms with Crippen molar-refractivity contribution in [1.29, 1.82) is 0 Å². The van der Waals surface area contributed by atoms with Crippen molar-refractivity contribution in [2.45, 2.75) is 50.0 Å². The van der Waals surface area contributed by atoms with Crippen molar-refractivity contribution in [1.82, 2.24) is 24.8 Å². The van der Waals surface area contributed by atoms with E-state index < -0.39 is 9.84 Å². The van der Waals surface area contributed by atoms with Gasteiger partial charge in [-0.3, -0.25) is 4.90 Å². The van der Waals surface area contributed by atoms with E-state index in [1.54, 1.807) is 30.6 Å². The molecule has 1 fully saturated rings. The van der Waals surface area contributed by atoms with Crippen molar-refractivity contribution in [3.05, 3.63) is 102 Å². The Morgan fingerprint density at radius 2 is 1.56 bits per heavy atom. The Morgan fingerprint density at radius 3 is 2.29 bits per heavy atom. The first-order valence-electron chi connectivity index (χ1n) is 15.8. The maximum atomic E-state index is 13.4. The number of sulfone groups is 1. The van der Waals surface area contributed by atoms with E-state index in [0.29, 0.717) is 54.3 Å². The van der Waals surface area contributed by atoms with Crippen molar-refractivity contribution in [3.8, 4) is 5.88 Å². The second kappa shape index (κ2) is 14.7. The lowest BCUT2D eigenvalue weighted by atomic mass is 9.90. The van der Waals surface area contributed by atoms with Gasteiger partial charge in [-0.15, -0.1) is 0 Å². The molecule has 2 N–H and O–H groups in total. The fourth-order valence-corrected chi connectivity index (χ4v) is 7.09. The number of nitrogens with one attached hydrogen (secondary N) is 2. The second-order valence-corrected chi connectivity index (χ2v) is 13.8. The molecule has 0 saturated heterocycles. The molecular weight excluding hydrogens is 584 g/mol. The molecule has 0 amide bonds. The number of aromatic nitrogens is 4. The smallest absolute Gasteiger partial charge is 0.245 e. The zero-order valence-corrected chi connectivity index (χ0v) is 26.3. The van der Waals surface area contributed by atoms with Gasteiger partial charge < -0.3 is 15.0 Å². The summed E-state index contributed by atoms with van der Waals surface area (Å²) < 4.78 is 32.9. The van der Waals surface area contributed by atoms with Crippen molar-refractivity contribution < 1.29 is 13.2 Å². The van der Waals surface area contributed by atoms with E-state index >= 15 is 0 Å². The van der Waals surface area contributed by atoms with Crippen LogP contribution in [0.3, 0.4) is 0 Å². The van der Waals surface area contributed by atoms with Crippen LogP contribution in [0.1, 0.15) is 43.2 Å². The molecule has 0 radical (unpaired) electrons. The number of hydrogen-bond acceptors (Lipinski definition) is 8. The number of rotatable bonds is 14. The molecular formula is C35H40N6O3S. The van der Waals surface area contributed by atoms with Gasteiger partial charge in [-0.05, 0) is 60.6 Å². The summed E-state index contributed by atoms with van der Waals surface area (Å²) in [6, 6.07) is 27.2. The summed E-state index contributed by atoms with van der Waals surface area (Å²) in [6.45, 7) is 2.51. The number of H-pyrrole nitrogens is 1. The lowest BCUT2D eigenvalue weighted by Gasteiger charge is -2.22. The van der Waals surface area contributed by atoms with Gasteiger partial charge in [-0.2, -0.15) is 9.97 Å². The highest BCUT2D eigenvalue weighted by molar-refractivity contribution is 7.91. The molecule has 9 nitrogen and oxygen atoms in total. The van der Waals surface area contributed by atoms with E-state index in [4.69, 9.17) is 4.74 Å². The molecule has 2 aromatic heterocycles. The van der Waals surface area contributed by atoms with Gasteiger partial charge in [-0.1, -0.05) is 79.9 Å². The molecule has 5 aromatic rings. The average Bonchev–Trinajstić information content (AvgIpc) is 3.56. The van der Waals surface area contributed by atoms with E-state index in [9.17, 15) is 8.42 Å². The number of nitrogens with zero attached hydrogens (tertiary/aromatic N) is 4. The third kappa shape index (κ3) is 8.46. The number of hydrogen-bond donors (Lipinski definition) is 2. The highest BCUT2D eigenvalue weighted by atomic mass is 32.2. The third-order valence-electron chi connectivity index (χ3n) is 8.39.